The van der Waals surface area contributed by atoms with Crippen molar-refractivity contribution < 1.29 is 14.3 Å². The van der Waals surface area contributed by atoms with Crippen LogP contribution in [0.25, 0.3) is 0 Å². The summed E-state index contributed by atoms with van der Waals surface area (Å²) in [6.07, 6.45) is 5.52. The summed E-state index contributed by atoms with van der Waals surface area (Å²) >= 11 is 0. The van der Waals surface area contributed by atoms with Gasteiger partial charge in [-0.15, -0.1) is 0 Å². The molecule has 0 saturated carbocycles. The third-order valence-electron chi connectivity index (χ3n) is 2.10. The predicted octanol–water partition coefficient (Wildman–Crippen LogP) is 2.57. The summed E-state index contributed by atoms with van der Waals surface area (Å²) in [6.45, 7) is 5.55. The smallest absolute Gasteiger partial charge is 0.315 e. The van der Waals surface area contributed by atoms with Gasteiger partial charge in [0.15, 0.2) is 0 Å². The summed E-state index contributed by atoms with van der Waals surface area (Å²) in [5, 5.41) is 8.91. The largest absolute Gasteiger partial charge is 0.481 e. The van der Waals surface area contributed by atoms with Crippen molar-refractivity contribution in [2.24, 2.45) is 11.3 Å². The number of rotatable bonds is 1. The van der Waals surface area contributed by atoms with Crippen LogP contribution in [-0.2, 0) is 4.79 Å². The molecule has 1 aliphatic rings. The van der Waals surface area contributed by atoms with Crippen molar-refractivity contribution in [3.05, 3.63) is 24.3 Å². The van der Waals surface area contributed by atoms with Gasteiger partial charge < -0.3 is 5.11 Å². The van der Waals surface area contributed by atoms with Crippen molar-refractivity contribution >= 4 is 5.97 Å². The van der Waals surface area contributed by atoms with Crippen LogP contribution in [0, 0.1) is 23.2 Å². The number of aliphatic carboxylic acids is 1. The standard InChI is InChI=1S/C13H15FO2/c1-12(2,3)8-9-13(14)7-5-4-6-10(13)11(15)16/h4-7,10H,1-3H3,(H,15,16). The van der Waals surface area contributed by atoms with Gasteiger partial charge in [-0.1, -0.05) is 30.1 Å². The minimum atomic E-state index is -2.10. The second-order valence-electron chi connectivity index (χ2n) is 4.83. The molecule has 1 N–H and O–H groups in total. The molecule has 0 aliphatic heterocycles. The van der Waals surface area contributed by atoms with E-state index in [0.29, 0.717) is 0 Å². The van der Waals surface area contributed by atoms with Gasteiger partial charge in [0, 0.05) is 5.41 Å². The van der Waals surface area contributed by atoms with Gasteiger partial charge in [-0.25, -0.2) is 4.39 Å². The Kier molecular flexibility index (Phi) is 3.23. The Bertz CT molecular complexity index is 404. The van der Waals surface area contributed by atoms with Crippen molar-refractivity contribution in [3.63, 3.8) is 0 Å². The summed E-state index contributed by atoms with van der Waals surface area (Å²) < 4.78 is 14.3. The van der Waals surface area contributed by atoms with E-state index in [1.807, 2.05) is 20.8 Å². The highest BCUT2D eigenvalue weighted by Crippen LogP contribution is 2.29. The van der Waals surface area contributed by atoms with Gasteiger partial charge in [-0.3, -0.25) is 4.79 Å². The van der Waals surface area contributed by atoms with Crippen molar-refractivity contribution in [1.82, 2.24) is 0 Å². The summed E-state index contributed by atoms with van der Waals surface area (Å²) in [5.41, 5.74) is -2.45. The number of carboxylic acids is 1. The van der Waals surface area contributed by atoms with E-state index in [-0.39, 0.29) is 5.41 Å². The molecule has 3 heteroatoms. The molecule has 0 aromatic carbocycles. The maximum atomic E-state index is 14.3. The molecule has 16 heavy (non-hydrogen) atoms. The van der Waals surface area contributed by atoms with E-state index in [9.17, 15) is 9.18 Å². The third-order valence-corrected chi connectivity index (χ3v) is 2.10. The number of carbonyl (C=O) groups is 1. The van der Waals surface area contributed by atoms with Crippen LogP contribution < -0.4 is 0 Å². The van der Waals surface area contributed by atoms with Gasteiger partial charge in [0.25, 0.3) is 0 Å². The third kappa shape index (κ3) is 2.96. The zero-order chi connectivity index (χ0) is 12.4. The Balaban J connectivity index is 3.06. The Morgan fingerprint density at radius 3 is 2.56 bits per heavy atom. The number of hydrogen-bond acceptors (Lipinski definition) is 1. The average Bonchev–Trinajstić information content (AvgIpc) is 2.14. The lowest BCUT2D eigenvalue weighted by atomic mass is 9.84. The molecule has 2 atom stereocenters. The Labute approximate surface area is 94.9 Å². The highest BCUT2D eigenvalue weighted by atomic mass is 19.1. The van der Waals surface area contributed by atoms with Crippen LogP contribution in [0.2, 0.25) is 0 Å². The number of hydrogen-bond donors (Lipinski definition) is 1. The summed E-state index contributed by atoms with van der Waals surface area (Å²) in [6, 6.07) is 0. The minimum absolute atomic E-state index is 0.350. The molecule has 2 unspecified atom stereocenters. The van der Waals surface area contributed by atoms with Gasteiger partial charge in [0.1, 0.15) is 5.92 Å². The molecule has 0 fully saturated rings. The van der Waals surface area contributed by atoms with E-state index >= 15 is 0 Å². The predicted molar refractivity (Wildman–Crippen MR) is 60.5 cm³/mol. The van der Waals surface area contributed by atoms with Gasteiger partial charge in [0.05, 0.1) is 0 Å². The zero-order valence-corrected chi connectivity index (χ0v) is 9.62. The molecule has 0 aromatic heterocycles. The topological polar surface area (TPSA) is 37.3 Å². The zero-order valence-electron chi connectivity index (χ0n) is 9.62. The van der Waals surface area contributed by atoms with Gasteiger partial charge in [-0.2, -0.15) is 0 Å². The van der Waals surface area contributed by atoms with Gasteiger partial charge in [-0.05, 0) is 26.8 Å². The van der Waals surface area contributed by atoms with Crippen LogP contribution in [0.5, 0.6) is 0 Å². The van der Waals surface area contributed by atoms with E-state index < -0.39 is 17.6 Å². The normalized spacial score (nSPS) is 28.4. The fourth-order valence-electron chi connectivity index (χ4n) is 1.28. The number of alkyl halides is 1. The van der Waals surface area contributed by atoms with Crippen LogP contribution in [0.4, 0.5) is 4.39 Å². The maximum absolute atomic E-state index is 14.3. The molecular formula is C13H15FO2. The van der Waals surface area contributed by atoms with Crippen LogP contribution in [0.3, 0.4) is 0 Å². The highest BCUT2D eigenvalue weighted by Gasteiger charge is 2.40. The van der Waals surface area contributed by atoms with Crippen molar-refractivity contribution in [2.75, 3.05) is 0 Å². The average molecular weight is 222 g/mol. The number of halogens is 1. The first kappa shape index (κ1) is 12.5. The van der Waals surface area contributed by atoms with Crippen LogP contribution >= 0.6 is 0 Å². The molecule has 86 valence electrons. The van der Waals surface area contributed by atoms with Gasteiger partial charge in [0.2, 0.25) is 5.67 Å². The van der Waals surface area contributed by atoms with Crippen molar-refractivity contribution in [1.29, 1.82) is 0 Å². The van der Waals surface area contributed by atoms with E-state index in [4.69, 9.17) is 5.11 Å². The lowest BCUT2D eigenvalue weighted by Crippen LogP contribution is -2.35. The molecule has 0 amide bonds. The second-order valence-corrected chi connectivity index (χ2v) is 4.83. The Morgan fingerprint density at radius 1 is 1.44 bits per heavy atom. The Morgan fingerprint density at radius 2 is 2.06 bits per heavy atom. The van der Waals surface area contributed by atoms with Crippen LogP contribution in [0.1, 0.15) is 20.8 Å². The highest BCUT2D eigenvalue weighted by molar-refractivity contribution is 5.76. The minimum Gasteiger partial charge on any atom is -0.481 e. The molecule has 1 rings (SSSR count). The van der Waals surface area contributed by atoms with Crippen molar-refractivity contribution in [2.45, 2.75) is 26.4 Å². The maximum Gasteiger partial charge on any atom is 0.315 e. The number of allylic oxidation sites excluding steroid dienone is 3. The molecule has 1 aliphatic carbocycles. The lowest BCUT2D eigenvalue weighted by Gasteiger charge is -2.23. The summed E-state index contributed by atoms with van der Waals surface area (Å²) in [5.74, 6) is 2.75. The fourth-order valence-corrected chi connectivity index (χ4v) is 1.28. The van der Waals surface area contributed by atoms with E-state index in [2.05, 4.69) is 11.8 Å². The monoisotopic (exact) mass is 222 g/mol. The van der Waals surface area contributed by atoms with Crippen LogP contribution in [0.15, 0.2) is 24.3 Å². The summed E-state index contributed by atoms with van der Waals surface area (Å²) in [7, 11) is 0. The van der Waals surface area contributed by atoms with E-state index in [1.165, 1.54) is 24.3 Å². The molecule has 0 saturated heterocycles. The van der Waals surface area contributed by atoms with E-state index in [1.54, 1.807) is 0 Å². The van der Waals surface area contributed by atoms with Gasteiger partial charge >= 0.3 is 5.97 Å². The number of carboxylic acid groups (broad SMARTS) is 1. The van der Waals surface area contributed by atoms with E-state index in [0.717, 1.165) is 0 Å². The summed E-state index contributed by atoms with van der Waals surface area (Å²) in [4.78, 5) is 10.9. The molecule has 2 nitrogen and oxygen atoms in total. The molecular weight excluding hydrogens is 207 g/mol. The molecule has 0 aromatic rings. The first-order valence-electron chi connectivity index (χ1n) is 5.07. The van der Waals surface area contributed by atoms with Crippen LogP contribution in [-0.4, -0.2) is 16.7 Å². The Hall–Kier alpha value is -1.56. The molecule has 0 radical (unpaired) electrons. The first-order valence-corrected chi connectivity index (χ1v) is 5.07. The fraction of sp³-hybridized carbons (Fsp3) is 0.462. The molecule has 0 bridgehead atoms. The first-order chi connectivity index (χ1) is 7.25. The molecule has 0 heterocycles. The molecule has 0 spiro atoms. The second kappa shape index (κ2) is 4.13. The van der Waals surface area contributed by atoms with Crippen molar-refractivity contribution in [3.8, 4) is 11.8 Å². The lowest BCUT2D eigenvalue weighted by molar-refractivity contribution is -0.142. The SMILES string of the molecule is CC(C)(C)C#CC1(F)C=CC=CC1C(=O)O. The quantitative estimate of drug-likeness (QED) is 0.692.